The average molecular weight is 325 g/mol. The SMILES string of the molecule is Cc1ccc(C(N)=S)cc1S(=O)(=O)N(C)Cc1ncn[nH]1. The van der Waals surface area contributed by atoms with E-state index >= 15 is 0 Å². The van der Waals surface area contributed by atoms with Crippen LogP contribution in [0.3, 0.4) is 0 Å². The average Bonchev–Trinajstić information content (AvgIpc) is 2.91. The molecule has 0 spiro atoms. The monoisotopic (exact) mass is 325 g/mol. The number of hydrogen-bond acceptors (Lipinski definition) is 5. The number of hydrogen-bond donors (Lipinski definition) is 2. The number of aromatic nitrogens is 3. The van der Waals surface area contributed by atoms with Gasteiger partial charge in [-0.15, -0.1) is 0 Å². The maximum atomic E-state index is 12.6. The number of rotatable bonds is 5. The molecular weight excluding hydrogens is 310 g/mol. The molecule has 2 aromatic rings. The topological polar surface area (TPSA) is 105 Å². The Hall–Kier alpha value is -1.84. The van der Waals surface area contributed by atoms with Crippen molar-refractivity contribution in [2.75, 3.05) is 7.05 Å². The second kappa shape index (κ2) is 5.88. The molecule has 0 amide bonds. The molecule has 0 aliphatic heterocycles. The molecule has 9 heteroatoms. The molecule has 2 rings (SSSR count). The molecule has 21 heavy (non-hydrogen) atoms. The highest BCUT2D eigenvalue weighted by Crippen LogP contribution is 2.21. The molecule has 0 fully saturated rings. The van der Waals surface area contributed by atoms with Crippen LogP contribution >= 0.6 is 12.2 Å². The van der Waals surface area contributed by atoms with Crippen LogP contribution in [0.15, 0.2) is 29.4 Å². The summed E-state index contributed by atoms with van der Waals surface area (Å²) in [5.41, 5.74) is 6.70. The number of sulfonamides is 1. The van der Waals surface area contributed by atoms with Crippen LogP contribution in [0.2, 0.25) is 0 Å². The Kier molecular flexibility index (Phi) is 4.35. The van der Waals surface area contributed by atoms with E-state index < -0.39 is 10.0 Å². The molecule has 112 valence electrons. The third kappa shape index (κ3) is 3.26. The summed E-state index contributed by atoms with van der Waals surface area (Å²) in [5.74, 6) is 0.462. The van der Waals surface area contributed by atoms with E-state index in [1.54, 1.807) is 19.1 Å². The van der Waals surface area contributed by atoms with Crippen molar-refractivity contribution in [3.63, 3.8) is 0 Å². The van der Waals surface area contributed by atoms with E-state index in [2.05, 4.69) is 15.2 Å². The molecule has 0 unspecified atom stereocenters. The number of benzene rings is 1. The summed E-state index contributed by atoms with van der Waals surface area (Å²) in [4.78, 5) is 4.25. The Balaban J connectivity index is 2.38. The van der Waals surface area contributed by atoms with Crippen LogP contribution in [-0.4, -0.2) is 39.9 Å². The van der Waals surface area contributed by atoms with Gasteiger partial charge in [-0.1, -0.05) is 24.4 Å². The summed E-state index contributed by atoms with van der Waals surface area (Å²) >= 11 is 4.89. The number of thiocarbonyl (C=S) groups is 1. The van der Waals surface area contributed by atoms with Crippen LogP contribution in [0.25, 0.3) is 0 Å². The summed E-state index contributed by atoms with van der Waals surface area (Å²) in [5, 5.41) is 6.32. The second-order valence-corrected chi connectivity index (χ2v) is 6.99. The van der Waals surface area contributed by atoms with Gasteiger partial charge in [0.15, 0.2) is 0 Å². The van der Waals surface area contributed by atoms with Gasteiger partial charge >= 0.3 is 0 Å². The van der Waals surface area contributed by atoms with Gasteiger partial charge < -0.3 is 5.73 Å². The van der Waals surface area contributed by atoms with E-state index in [0.717, 1.165) is 0 Å². The van der Waals surface area contributed by atoms with Gasteiger partial charge in [0.2, 0.25) is 10.0 Å². The highest BCUT2D eigenvalue weighted by molar-refractivity contribution is 7.89. The molecule has 1 aromatic carbocycles. The fourth-order valence-corrected chi connectivity index (χ4v) is 3.31. The van der Waals surface area contributed by atoms with Gasteiger partial charge in [-0.3, -0.25) is 5.10 Å². The number of nitrogens with zero attached hydrogens (tertiary/aromatic N) is 3. The molecule has 0 saturated carbocycles. The highest BCUT2D eigenvalue weighted by Gasteiger charge is 2.24. The van der Waals surface area contributed by atoms with Crippen LogP contribution < -0.4 is 5.73 Å². The lowest BCUT2D eigenvalue weighted by molar-refractivity contribution is 0.457. The smallest absolute Gasteiger partial charge is 0.243 e. The normalized spacial score (nSPS) is 11.8. The van der Waals surface area contributed by atoms with Crippen molar-refractivity contribution in [1.29, 1.82) is 0 Å². The summed E-state index contributed by atoms with van der Waals surface area (Å²) < 4.78 is 26.5. The minimum Gasteiger partial charge on any atom is -0.389 e. The molecule has 0 saturated heterocycles. The molecule has 1 heterocycles. The molecule has 7 nitrogen and oxygen atoms in total. The van der Waals surface area contributed by atoms with E-state index in [1.165, 1.54) is 23.7 Å². The maximum Gasteiger partial charge on any atom is 0.243 e. The van der Waals surface area contributed by atoms with E-state index in [-0.39, 0.29) is 16.4 Å². The van der Waals surface area contributed by atoms with Gasteiger partial charge in [0.05, 0.1) is 11.4 Å². The lowest BCUT2D eigenvalue weighted by Crippen LogP contribution is -2.28. The highest BCUT2D eigenvalue weighted by atomic mass is 32.2. The van der Waals surface area contributed by atoms with Crippen molar-refractivity contribution in [1.82, 2.24) is 19.5 Å². The lowest BCUT2D eigenvalue weighted by atomic mass is 10.1. The molecule has 0 aliphatic rings. The van der Waals surface area contributed by atoms with E-state index in [1.807, 2.05) is 0 Å². The van der Waals surface area contributed by atoms with Crippen molar-refractivity contribution in [2.45, 2.75) is 18.4 Å². The molecular formula is C12H15N5O2S2. The summed E-state index contributed by atoms with van der Waals surface area (Å²) in [7, 11) is -2.19. The van der Waals surface area contributed by atoms with Crippen molar-refractivity contribution in [3.8, 4) is 0 Å². The Morgan fingerprint density at radius 2 is 2.19 bits per heavy atom. The van der Waals surface area contributed by atoms with E-state index in [9.17, 15) is 8.42 Å². The van der Waals surface area contributed by atoms with Crippen molar-refractivity contribution < 1.29 is 8.42 Å². The van der Waals surface area contributed by atoms with Crippen LogP contribution in [0, 0.1) is 6.92 Å². The van der Waals surface area contributed by atoms with Gasteiger partial charge in [0.1, 0.15) is 17.1 Å². The fourth-order valence-electron chi connectivity index (χ4n) is 1.80. The summed E-state index contributed by atoms with van der Waals surface area (Å²) in [6, 6.07) is 4.88. The first-order valence-corrected chi connectivity index (χ1v) is 7.88. The standard InChI is InChI=1S/C12H15N5O2S2/c1-8-3-4-9(12(13)20)5-10(8)21(18,19)17(2)6-11-14-7-15-16-11/h3-5,7H,6H2,1-2H3,(H2,13,20)(H,14,15,16). The summed E-state index contributed by atoms with van der Waals surface area (Å²) in [6.07, 6.45) is 1.33. The minimum absolute atomic E-state index is 0.0963. The minimum atomic E-state index is -3.67. The predicted octanol–water partition coefficient (Wildman–Crippen LogP) is 0.568. The number of aromatic amines is 1. The largest absolute Gasteiger partial charge is 0.389 e. The number of nitrogens with one attached hydrogen (secondary N) is 1. The van der Waals surface area contributed by atoms with Crippen LogP contribution in [-0.2, 0) is 16.6 Å². The Morgan fingerprint density at radius 1 is 1.48 bits per heavy atom. The van der Waals surface area contributed by atoms with Crippen molar-refractivity contribution in [3.05, 3.63) is 41.5 Å². The van der Waals surface area contributed by atoms with Gasteiger partial charge in [-0.2, -0.15) is 9.40 Å². The quantitative estimate of drug-likeness (QED) is 0.779. The number of H-pyrrole nitrogens is 1. The Morgan fingerprint density at radius 3 is 2.76 bits per heavy atom. The Bertz CT molecular complexity index is 756. The molecule has 0 aliphatic carbocycles. The first-order valence-electron chi connectivity index (χ1n) is 6.03. The zero-order chi connectivity index (χ0) is 15.6. The van der Waals surface area contributed by atoms with Gasteiger partial charge in [-0.25, -0.2) is 13.4 Å². The third-order valence-electron chi connectivity index (χ3n) is 3.00. The van der Waals surface area contributed by atoms with Gasteiger partial charge in [-0.05, 0) is 18.6 Å². The maximum absolute atomic E-state index is 12.6. The van der Waals surface area contributed by atoms with Crippen LogP contribution in [0.1, 0.15) is 17.0 Å². The molecule has 0 atom stereocenters. The third-order valence-corrected chi connectivity index (χ3v) is 5.18. The molecule has 1 aromatic heterocycles. The summed E-state index contributed by atoms with van der Waals surface area (Å²) in [6.45, 7) is 1.82. The fraction of sp³-hybridized carbons (Fsp3) is 0.250. The van der Waals surface area contributed by atoms with Gasteiger partial charge in [0, 0.05) is 12.6 Å². The van der Waals surface area contributed by atoms with E-state index in [4.69, 9.17) is 18.0 Å². The molecule has 0 bridgehead atoms. The molecule has 0 radical (unpaired) electrons. The zero-order valence-corrected chi connectivity index (χ0v) is 13.2. The predicted molar refractivity (Wildman–Crippen MR) is 82.1 cm³/mol. The van der Waals surface area contributed by atoms with Crippen molar-refractivity contribution in [2.24, 2.45) is 5.73 Å². The second-order valence-electron chi connectivity index (χ2n) is 4.54. The number of aryl methyl sites for hydroxylation is 1. The van der Waals surface area contributed by atoms with Crippen molar-refractivity contribution >= 4 is 27.2 Å². The zero-order valence-electron chi connectivity index (χ0n) is 11.6. The Labute approximate surface area is 128 Å². The number of nitrogens with two attached hydrogens (primary N) is 1. The van der Waals surface area contributed by atoms with Crippen LogP contribution in [0.4, 0.5) is 0 Å². The molecule has 3 N–H and O–H groups in total. The van der Waals surface area contributed by atoms with Crippen LogP contribution in [0.5, 0.6) is 0 Å². The lowest BCUT2D eigenvalue weighted by Gasteiger charge is -2.18. The van der Waals surface area contributed by atoms with Gasteiger partial charge in [0.25, 0.3) is 0 Å². The first kappa shape index (κ1) is 15.5. The van der Waals surface area contributed by atoms with E-state index in [0.29, 0.717) is 17.0 Å². The first-order chi connectivity index (χ1) is 9.82.